The minimum absolute atomic E-state index is 0.0305. The Bertz CT molecular complexity index is 1570. The second-order valence-corrected chi connectivity index (χ2v) is 9.22. The summed E-state index contributed by atoms with van der Waals surface area (Å²) in [5.74, 6) is -1.15. The van der Waals surface area contributed by atoms with E-state index in [1.54, 1.807) is 42.5 Å². The van der Waals surface area contributed by atoms with Gasteiger partial charge < -0.3 is 24.7 Å². The van der Waals surface area contributed by atoms with Crippen LogP contribution >= 0.6 is 11.3 Å². The van der Waals surface area contributed by atoms with Crippen molar-refractivity contribution in [3.8, 4) is 11.5 Å². The number of hydrogen-bond acceptors (Lipinski definition) is 9. The number of thiazole rings is 1. The molecule has 198 valence electrons. The van der Waals surface area contributed by atoms with Crippen molar-refractivity contribution in [1.82, 2.24) is 4.57 Å². The van der Waals surface area contributed by atoms with E-state index in [9.17, 15) is 14.4 Å². The molecule has 9 nitrogen and oxygen atoms in total. The fourth-order valence-electron chi connectivity index (χ4n) is 4.30. The molecule has 10 heteroatoms. The molecule has 0 bridgehead atoms. The summed E-state index contributed by atoms with van der Waals surface area (Å²) in [6.45, 7) is 4.79. The van der Waals surface area contributed by atoms with E-state index < -0.39 is 23.4 Å². The third-order valence-corrected chi connectivity index (χ3v) is 7.08. The molecule has 0 spiro atoms. The van der Waals surface area contributed by atoms with Crippen LogP contribution in [-0.4, -0.2) is 43.9 Å². The normalized spacial score (nSPS) is 15.2. The van der Waals surface area contributed by atoms with Crippen LogP contribution in [0.2, 0.25) is 0 Å². The minimum Gasteiger partial charge on any atom is -0.494 e. The highest BCUT2D eigenvalue weighted by atomic mass is 32.1. The topological polar surface area (TPSA) is 119 Å². The molecule has 0 fully saturated rings. The predicted octanol–water partition coefficient (Wildman–Crippen LogP) is 1.96. The quantitative estimate of drug-likeness (QED) is 0.434. The Morgan fingerprint density at radius 1 is 0.895 bits per heavy atom. The number of aromatic nitrogens is 1. The van der Waals surface area contributed by atoms with Crippen LogP contribution in [0.5, 0.6) is 11.5 Å². The van der Waals surface area contributed by atoms with Gasteiger partial charge in [0.1, 0.15) is 22.0 Å². The van der Waals surface area contributed by atoms with E-state index >= 15 is 0 Å². The Morgan fingerprint density at radius 3 is 1.95 bits per heavy atom. The van der Waals surface area contributed by atoms with Crippen LogP contribution in [0.15, 0.2) is 58.9 Å². The number of benzene rings is 2. The van der Waals surface area contributed by atoms with E-state index in [2.05, 4.69) is 0 Å². The maximum absolute atomic E-state index is 13.5. The number of hydrogen-bond donors (Lipinski definition) is 1. The van der Waals surface area contributed by atoms with Gasteiger partial charge in [-0.3, -0.25) is 9.36 Å². The van der Waals surface area contributed by atoms with Gasteiger partial charge in [-0.05, 0) is 55.3 Å². The van der Waals surface area contributed by atoms with E-state index in [1.807, 2.05) is 26.0 Å². The minimum atomic E-state index is -0.929. The van der Waals surface area contributed by atoms with Crippen molar-refractivity contribution in [1.29, 1.82) is 0 Å². The number of methoxy groups -OCH3 is 2. The van der Waals surface area contributed by atoms with Gasteiger partial charge in [0.2, 0.25) is 0 Å². The van der Waals surface area contributed by atoms with Crippen molar-refractivity contribution in [2.75, 3.05) is 27.4 Å². The van der Waals surface area contributed by atoms with Gasteiger partial charge in [-0.2, -0.15) is 0 Å². The lowest BCUT2D eigenvalue weighted by atomic mass is 9.83. The lowest BCUT2D eigenvalue weighted by Crippen LogP contribution is -2.41. The zero-order valence-electron chi connectivity index (χ0n) is 21.5. The Labute approximate surface area is 223 Å². The first-order chi connectivity index (χ1) is 18.3. The summed E-state index contributed by atoms with van der Waals surface area (Å²) >= 11 is 1.09. The predicted molar refractivity (Wildman–Crippen MR) is 144 cm³/mol. The zero-order valence-corrected chi connectivity index (χ0v) is 22.3. The second-order valence-electron chi connectivity index (χ2n) is 8.19. The first-order valence-corrected chi connectivity index (χ1v) is 12.8. The Morgan fingerprint density at radius 2 is 1.42 bits per heavy atom. The van der Waals surface area contributed by atoms with Crippen LogP contribution in [0.1, 0.15) is 30.9 Å². The molecule has 2 N–H and O–H groups in total. The van der Waals surface area contributed by atoms with Crippen molar-refractivity contribution in [2.45, 2.75) is 19.8 Å². The molecule has 0 unspecified atom stereocenters. The van der Waals surface area contributed by atoms with Crippen LogP contribution in [0, 0.1) is 0 Å². The highest BCUT2D eigenvalue weighted by Gasteiger charge is 2.39. The molecule has 0 saturated heterocycles. The molecule has 1 aliphatic rings. The lowest BCUT2D eigenvalue weighted by molar-refractivity contribution is -0.136. The van der Waals surface area contributed by atoms with Gasteiger partial charge >= 0.3 is 11.9 Å². The van der Waals surface area contributed by atoms with E-state index in [0.29, 0.717) is 34.8 Å². The number of nitrogens with zero attached hydrogens (tertiary/aromatic N) is 1. The number of nitrogens with two attached hydrogens (primary N) is 1. The molecule has 3 aromatic rings. The Kier molecular flexibility index (Phi) is 8.02. The molecule has 1 aliphatic heterocycles. The van der Waals surface area contributed by atoms with E-state index in [-0.39, 0.29) is 21.6 Å². The lowest BCUT2D eigenvalue weighted by Gasteiger charge is -2.26. The monoisotopic (exact) mass is 536 g/mol. The van der Waals surface area contributed by atoms with Crippen LogP contribution in [-0.2, 0) is 19.1 Å². The molecule has 1 atom stereocenters. The number of carbonyl (C=O) groups is 2. The fraction of sp³-hybridized carbons (Fsp3) is 0.250. The molecular weight excluding hydrogens is 508 g/mol. The van der Waals surface area contributed by atoms with Crippen molar-refractivity contribution in [2.24, 2.45) is 5.73 Å². The molecule has 2 aromatic carbocycles. The summed E-state index contributed by atoms with van der Waals surface area (Å²) in [7, 11) is 2.46. The maximum Gasteiger partial charge on any atom is 0.338 e. The molecule has 0 radical (unpaired) electrons. The summed E-state index contributed by atoms with van der Waals surface area (Å²) in [5, 5.41) is 0. The Hall–Kier alpha value is -4.31. The number of fused-ring (bicyclic) bond motifs is 1. The third kappa shape index (κ3) is 4.95. The smallest absolute Gasteiger partial charge is 0.338 e. The van der Waals surface area contributed by atoms with Crippen molar-refractivity contribution < 1.29 is 28.5 Å². The van der Waals surface area contributed by atoms with Gasteiger partial charge in [0, 0.05) is 0 Å². The third-order valence-electron chi connectivity index (χ3n) is 5.97. The zero-order chi connectivity index (χ0) is 27.4. The number of rotatable bonds is 8. The second kappa shape index (κ2) is 11.4. The maximum atomic E-state index is 13.5. The molecule has 4 rings (SSSR count). The van der Waals surface area contributed by atoms with E-state index in [1.165, 1.54) is 18.8 Å². The van der Waals surface area contributed by atoms with Crippen molar-refractivity contribution >= 4 is 40.7 Å². The highest BCUT2D eigenvalue weighted by Crippen LogP contribution is 2.38. The first kappa shape index (κ1) is 26.7. The molecule has 2 heterocycles. The average Bonchev–Trinajstić information content (AvgIpc) is 3.25. The number of esters is 2. The first-order valence-electron chi connectivity index (χ1n) is 11.9. The number of carbonyl (C=O) groups excluding carboxylic acids is 2. The van der Waals surface area contributed by atoms with Gasteiger partial charge in [-0.15, -0.1) is 11.3 Å². The van der Waals surface area contributed by atoms with Gasteiger partial charge in [0.15, 0.2) is 0 Å². The summed E-state index contributed by atoms with van der Waals surface area (Å²) in [6.07, 6.45) is 1.69. The molecular formula is C28H28N2O7S. The molecule has 1 aromatic heterocycles. The van der Waals surface area contributed by atoms with Crippen molar-refractivity contribution in [3.63, 3.8) is 0 Å². The molecule has 38 heavy (non-hydrogen) atoms. The summed E-state index contributed by atoms with van der Waals surface area (Å²) in [6, 6.07) is 14.2. The molecule has 0 amide bonds. The summed E-state index contributed by atoms with van der Waals surface area (Å²) in [5.41, 5.74) is 7.41. The SMILES string of the molecule is CCOc1ccc(C=c2sc3n(c2=O)C(N)=C(C(=O)OC)[C@H](c2ccc(OCC)cc2)C=3C(=O)OC)cc1. The van der Waals surface area contributed by atoms with E-state index in [0.717, 1.165) is 16.9 Å². The summed E-state index contributed by atoms with van der Waals surface area (Å²) < 4.78 is 22.9. The van der Waals surface area contributed by atoms with Crippen molar-refractivity contribution in [3.05, 3.63) is 84.8 Å². The fourth-order valence-corrected chi connectivity index (χ4v) is 5.47. The van der Waals surface area contributed by atoms with Gasteiger partial charge in [0.05, 0.1) is 49.0 Å². The largest absolute Gasteiger partial charge is 0.494 e. The van der Waals surface area contributed by atoms with Gasteiger partial charge in [0.25, 0.3) is 5.56 Å². The number of ether oxygens (including phenoxy) is 4. The Balaban J connectivity index is 2.00. The average molecular weight is 537 g/mol. The van der Waals surface area contributed by atoms with Crippen LogP contribution in [0.4, 0.5) is 0 Å². The molecule has 0 aliphatic carbocycles. The van der Waals surface area contributed by atoms with E-state index in [4.69, 9.17) is 24.7 Å². The van der Waals surface area contributed by atoms with Gasteiger partial charge in [-0.25, -0.2) is 9.59 Å². The highest BCUT2D eigenvalue weighted by molar-refractivity contribution is 7.07. The van der Waals surface area contributed by atoms with Crippen LogP contribution in [0.3, 0.4) is 0 Å². The molecule has 0 saturated carbocycles. The van der Waals surface area contributed by atoms with Crippen LogP contribution in [0.25, 0.3) is 17.5 Å². The van der Waals surface area contributed by atoms with Crippen LogP contribution < -0.4 is 30.0 Å². The standard InChI is InChI=1S/C28H28N2O7S/c1-5-36-18-11-7-16(8-12-18)15-20-25(31)30-24(29)22(27(32)34-3)21(23(26(30)38-20)28(33)35-4)17-9-13-19(14-10-17)37-6-2/h7-15,21H,5-6,29H2,1-4H3/t21-/m0/s1. The van der Waals surface area contributed by atoms with Gasteiger partial charge in [-0.1, -0.05) is 24.3 Å². The summed E-state index contributed by atoms with van der Waals surface area (Å²) in [4.78, 5) is 39.7.